The third-order valence-electron chi connectivity index (χ3n) is 5.71. The highest BCUT2D eigenvalue weighted by Crippen LogP contribution is 2.30. The van der Waals surface area contributed by atoms with Crippen LogP contribution in [0.2, 0.25) is 5.02 Å². The van der Waals surface area contributed by atoms with E-state index in [9.17, 15) is 13.2 Å². The number of halogens is 1. The summed E-state index contributed by atoms with van der Waals surface area (Å²) in [5, 5.41) is 7.69. The molecule has 0 spiro atoms. The number of nitrogens with zero attached hydrogens (tertiary/aromatic N) is 4. The largest absolute Gasteiger partial charge is 0.322 e. The summed E-state index contributed by atoms with van der Waals surface area (Å²) in [5.74, 6) is -0.399. The minimum Gasteiger partial charge on any atom is -0.322 e. The minimum absolute atomic E-state index is 0.155. The Bertz CT molecular complexity index is 1270. The molecule has 8 nitrogen and oxygen atoms in total. The first-order valence-electron chi connectivity index (χ1n) is 10.7. The van der Waals surface area contributed by atoms with Gasteiger partial charge in [0.2, 0.25) is 10.0 Å². The third-order valence-corrected chi connectivity index (χ3v) is 7.93. The smallest absolute Gasteiger partial charge is 0.259 e. The van der Waals surface area contributed by atoms with Gasteiger partial charge in [-0.05, 0) is 30.8 Å². The fourth-order valence-electron chi connectivity index (χ4n) is 3.87. The van der Waals surface area contributed by atoms with Crippen LogP contribution >= 0.6 is 11.6 Å². The Morgan fingerprint density at radius 3 is 2.52 bits per heavy atom. The van der Waals surface area contributed by atoms with Gasteiger partial charge in [0, 0.05) is 50.7 Å². The summed E-state index contributed by atoms with van der Waals surface area (Å²) < 4.78 is 29.3. The lowest BCUT2D eigenvalue weighted by Gasteiger charge is -2.33. The van der Waals surface area contributed by atoms with E-state index >= 15 is 0 Å². The number of aryl methyl sites for hydroxylation is 1. The zero-order chi connectivity index (χ0) is 23.6. The number of rotatable bonds is 6. The van der Waals surface area contributed by atoms with Crippen molar-refractivity contribution >= 4 is 33.2 Å². The average Bonchev–Trinajstić information content (AvgIpc) is 3.21. The van der Waals surface area contributed by atoms with Crippen LogP contribution in [0.15, 0.2) is 59.6 Å². The van der Waals surface area contributed by atoms with E-state index in [4.69, 9.17) is 11.6 Å². The molecule has 1 aromatic heterocycles. The number of piperazine rings is 1. The van der Waals surface area contributed by atoms with Gasteiger partial charge in [0.25, 0.3) is 5.91 Å². The van der Waals surface area contributed by atoms with Gasteiger partial charge in [0.1, 0.15) is 5.69 Å². The second-order valence-electron chi connectivity index (χ2n) is 7.87. The number of sulfonamides is 1. The van der Waals surface area contributed by atoms with Crippen molar-refractivity contribution in [2.24, 2.45) is 7.05 Å². The maximum Gasteiger partial charge on any atom is 0.259 e. The highest BCUT2D eigenvalue weighted by atomic mass is 35.5. The number of aromatic nitrogens is 2. The molecule has 4 rings (SSSR count). The van der Waals surface area contributed by atoms with Gasteiger partial charge in [-0.2, -0.15) is 9.40 Å². The molecule has 1 aliphatic heterocycles. The first-order valence-corrected chi connectivity index (χ1v) is 12.5. The molecular weight excluding hydrogens is 462 g/mol. The van der Waals surface area contributed by atoms with E-state index in [1.54, 1.807) is 48.3 Å². The molecule has 1 N–H and O–H groups in total. The number of hydrogen-bond donors (Lipinski definition) is 1. The maximum atomic E-state index is 13.1. The normalized spacial score (nSPS) is 15.5. The first-order chi connectivity index (χ1) is 15.8. The van der Waals surface area contributed by atoms with E-state index in [-0.39, 0.29) is 4.90 Å². The Hall–Kier alpha value is -2.72. The third kappa shape index (κ3) is 4.96. The van der Waals surface area contributed by atoms with Crippen LogP contribution in [0.4, 0.5) is 5.69 Å². The van der Waals surface area contributed by atoms with Crippen LogP contribution in [0, 0.1) is 0 Å². The van der Waals surface area contributed by atoms with Gasteiger partial charge in [-0.3, -0.25) is 9.48 Å². The van der Waals surface area contributed by atoms with E-state index < -0.39 is 15.9 Å². The maximum absolute atomic E-state index is 13.1. The van der Waals surface area contributed by atoms with Crippen molar-refractivity contribution in [3.8, 4) is 11.3 Å². The number of carbonyl (C=O) groups is 1. The fraction of sp³-hybridized carbons (Fsp3) is 0.304. The molecule has 0 radical (unpaired) electrons. The van der Waals surface area contributed by atoms with Crippen molar-refractivity contribution in [1.29, 1.82) is 0 Å². The summed E-state index contributed by atoms with van der Waals surface area (Å²) in [5.41, 5.74) is 1.84. The van der Waals surface area contributed by atoms with Crippen LogP contribution in [0.5, 0.6) is 0 Å². The molecule has 0 unspecified atom stereocenters. The SMILES string of the molecule is CCN1CCN(S(=O)(=O)c2cccc(NC(=O)c3cn(C)nc3-c3ccccc3Cl)c2)CC1. The van der Waals surface area contributed by atoms with Gasteiger partial charge < -0.3 is 10.2 Å². The number of anilines is 1. The highest BCUT2D eigenvalue weighted by molar-refractivity contribution is 7.89. The van der Waals surface area contributed by atoms with E-state index in [1.807, 2.05) is 12.1 Å². The van der Waals surface area contributed by atoms with Crippen LogP contribution in [0.1, 0.15) is 17.3 Å². The quantitative estimate of drug-likeness (QED) is 0.576. The summed E-state index contributed by atoms with van der Waals surface area (Å²) >= 11 is 6.31. The number of nitrogens with one attached hydrogen (secondary N) is 1. The van der Waals surface area contributed by atoms with Crippen molar-refractivity contribution in [3.63, 3.8) is 0 Å². The van der Waals surface area contributed by atoms with Crippen molar-refractivity contribution in [2.75, 3.05) is 38.0 Å². The molecule has 10 heteroatoms. The number of amides is 1. The van der Waals surface area contributed by atoms with Crippen LogP contribution in [-0.2, 0) is 17.1 Å². The molecule has 2 aromatic carbocycles. The van der Waals surface area contributed by atoms with Crippen LogP contribution in [0.25, 0.3) is 11.3 Å². The lowest BCUT2D eigenvalue weighted by atomic mass is 10.1. The summed E-state index contributed by atoms with van der Waals surface area (Å²) in [4.78, 5) is 15.5. The second-order valence-corrected chi connectivity index (χ2v) is 10.2. The fourth-order valence-corrected chi connectivity index (χ4v) is 5.57. The predicted octanol–water partition coefficient (Wildman–Crippen LogP) is 3.32. The van der Waals surface area contributed by atoms with Gasteiger partial charge in [0.05, 0.1) is 15.5 Å². The van der Waals surface area contributed by atoms with Crippen LogP contribution in [-0.4, -0.2) is 66.0 Å². The second kappa shape index (κ2) is 9.64. The van der Waals surface area contributed by atoms with Crippen molar-refractivity contribution in [1.82, 2.24) is 19.0 Å². The van der Waals surface area contributed by atoms with Gasteiger partial charge in [0.15, 0.2) is 0 Å². The Morgan fingerprint density at radius 1 is 1.09 bits per heavy atom. The highest BCUT2D eigenvalue weighted by Gasteiger charge is 2.28. The van der Waals surface area contributed by atoms with Crippen molar-refractivity contribution in [3.05, 3.63) is 65.3 Å². The number of carbonyl (C=O) groups excluding carboxylic acids is 1. The molecule has 3 aromatic rings. The average molecular weight is 488 g/mol. The number of hydrogen-bond acceptors (Lipinski definition) is 5. The minimum atomic E-state index is -3.65. The Kier molecular flexibility index (Phi) is 6.85. The molecule has 0 atom stereocenters. The summed E-state index contributed by atoms with van der Waals surface area (Å²) in [6, 6.07) is 13.5. The van der Waals surface area contributed by atoms with Crippen LogP contribution < -0.4 is 5.32 Å². The molecule has 1 amide bonds. The van der Waals surface area contributed by atoms with Gasteiger partial charge in [-0.15, -0.1) is 0 Å². The summed E-state index contributed by atoms with van der Waals surface area (Å²) in [6.07, 6.45) is 1.61. The van der Waals surface area contributed by atoms with Crippen LogP contribution in [0.3, 0.4) is 0 Å². The molecule has 0 saturated carbocycles. The lowest BCUT2D eigenvalue weighted by Crippen LogP contribution is -2.48. The van der Waals surface area contributed by atoms with Gasteiger partial charge in [-0.1, -0.05) is 42.8 Å². The van der Waals surface area contributed by atoms with Gasteiger partial charge in [-0.25, -0.2) is 8.42 Å². The molecule has 33 heavy (non-hydrogen) atoms. The molecule has 174 valence electrons. The van der Waals surface area contributed by atoms with E-state index in [1.165, 1.54) is 10.4 Å². The Labute approximate surface area is 198 Å². The van der Waals surface area contributed by atoms with Crippen molar-refractivity contribution in [2.45, 2.75) is 11.8 Å². The first kappa shape index (κ1) is 23.4. The topological polar surface area (TPSA) is 87.5 Å². The zero-order valence-corrected chi connectivity index (χ0v) is 20.1. The van der Waals surface area contributed by atoms with Crippen molar-refractivity contribution < 1.29 is 13.2 Å². The zero-order valence-electron chi connectivity index (χ0n) is 18.5. The molecule has 0 bridgehead atoms. The van der Waals surface area contributed by atoms with E-state index in [0.29, 0.717) is 53.7 Å². The standard InChI is InChI=1S/C23H26ClN5O3S/c1-3-28-11-13-29(14-12-28)33(31,32)18-8-6-7-17(15-18)25-23(30)20-16-27(2)26-22(20)19-9-4-5-10-21(19)24/h4-10,15-16H,3,11-14H2,1-2H3,(H,25,30). The number of benzene rings is 2. The Balaban J connectivity index is 1.57. The molecule has 0 aliphatic carbocycles. The molecule has 1 fully saturated rings. The molecule has 1 saturated heterocycles. The lowest BCUT2D eigenvalue weighted by molar-refractivity contribution is 0.102. The summed E-state index contributed by atoms with van der Waals surface area (Å²) in [7, 11) is -1.92. The predicted molar refractivity (Wildman–Crippen MR) is 129 cm³/mol. The Morgan fingerprint density at radius 2 is 1.82 bits per heavy atom. The molecule has 2 heterocycles. The number of likely N-dealkylation sites (N-methyl/N-ethyl adjacent to an activating group) is 1. The summed E-state index contributed by atoms with van der Waals surface area (Å²) in [6.45, 7) is 5.28. The molecular formula is C23H26ClN5O3S. The monoisotopic (exact) mass is 487 g/mol. The molecule has 1 aliphatic rings. The van der Waals surface area contributed by atoms with E-state index in [0.717, 1.165) is 6.54 Å². The van der Waals surface area contributed by atoms with E-state index in [2.05, 4.69) is 22.2 Å². The van der Waals surface area contributed by atoms with Gasteiger partial charge >= 0.3 is 0 Å².